The van der Waals surface area contributed by atoms with Crippen molar-refractivity contribution in [1.82, 2.24) is 20.0 Å². The molecule has 2 aromatic rings. The Kier molecular flexibility index (Phi) is 4.28. The van der Waals surface area contributed by atoms with Gasteiger partial charge in [0.15, 0.2) is 5.69 Å². The Morgan fingerprint density at radius 2 is 2.00 bits per heavy atom. The van der Waals surface area contributed by atoms with E-state index in [1.165, 1.54) is 12.8 Å². The second-order valence-electron chi connectivity index (χ2n) is 6.55. The number of anilines is 1. The van der Waals surface area contributed by atoms with E-state index in [4.69, 9.17) is 0 Å². The number of pyridine rings is 1. The molecule has 1 aliphatic rings. The first-order valence-electron chi connectivity index (χ1n) is 8.17. The van der Waals surface area contributed by atoms with Gasteiger partial charge in [0.05, 0.1) is 17.6 Å². The van der Waals surface area contributed by atoms with Gasteiger partial charge >= 0.3 is 0 Å². The van der Waals surface area contributed by atoms with Gasteiger partial charge in [-0.3, -0.25) is 0 Å². The molecule has 0 aromatic carbocycles. The van der Waals surface area contributed by atoms with Crippen LogP contribution in [0.3, 0.4) is 0 Å². The summed E-state index contributed by atoms with van der Waals surface area (Å²) in [7, 11) is 0. The van der Waals surface area contributed by atoms with Crippen molar-refractivity contribution in [3.63, 3.8) is 0 Å². The van der Waals surface area contributed by atoms with E-state index in [-0.39, 0.29) is 5.92 Å². The third-order valence-electron chi connectivity index (χ3n) is 4.44. The van der Waals surface area contributed by atoms with Crippen molar-refractivity contribution >= 4 is 5.82 Å². The SMILES string of the molecule is CC1CCN(c2ccc(-n3nnc(C#N)c3C(C)C)cn2)CC1. The number of hydrogen-bond donors (Lipinski definition) is 0. The molecule has 0 bridgehead atoms. The molecular formula is C17H22N6. The minimum Gasteiger partial charge on any atom is -0.357 e. The lowest BCUT2D eigenvalue weighted by Crippen LogP contribution is -2.33. The maximum Gasteiger partial charge on any atom is 0.186 e. The molecule has 0 atom stereocenters. The van der Waals surface area contributed by atoms with Gasteiger partial charge in [0.2, 0.25) is 0 Å². The van der Waals surface area contributed by atoms with Crippen LogP contribution in [-0.2, 0) is 0 Å². The van der Waals surface area contributed by atoms with Gasteiger partial charge in [0.1, 0.15) is 11.9 Å². The standard InChI is InChI=1S/C17H22N6/c1-12(2)17-15(10-18)20-21-23(17)14-4-5-16(19-11-14)22-8-6-13(3)7-9-22/h4-5,11-13H,6-9H2,1-3H3. The zero-order valence-electron chi connectivity index (χ0n) is 13.9. The molecule has 6 nitrogen and oxygen atoms in total. The number of piperidine rings is 1. The van der Waals surface area contributed by atoms with Gasteiger partial charge in [0, 0.05) is 13.1 Å². The van der Waals surface area contributed by atoms with Crippen LogP contribution >= 0.6 is 0 Å². The third-order valence-corrected chi connectivity index (χ3v) is 4.44. The predicted molar refractivity (Wildman–Crippen MR) is 88.6 cm³/mol. The first kappa shape index (κ1) is 15.5. The molecule has 23 heavy (non-hydrogen) atoms. The number of nitriles is 1. The molecule has 0 N–H and O–H groups in total. The monoisotopic (exact) mass is 310 g/mol. The van der Waals surface area contributed by atoms with E-state index < -0.39 is 0 Å². The Bertz CT molecular complexity index is 702. The summed E-state index contributed by atoms with van der Waals surface area (Å²) in [5.74, 6) is 1.98. The Balaban J connectivity index is 1.86. The topological polar surface area (TPSA) is 70.6 Å². The maximum atomic E-state index is 9.18. The van der Waals surface area contributed by atoms with Gasteiger partial charge in [-0.15, -0.1) is 5.10 Å². The van der Waals surface area contributed by atoms with Crippen LogP contribution in [-0.4, -0.2) is 33.1 Å². The van der Waals surface area contributed by atoms with Crippen molar-refractivity contribution in [3.05, 3.63) is 29.7 Å². The minimum atomic E-state index is 0.169. The predicted octanol–water partition coefficient (Wildman–Crippen LogP) is 2.89. The Morgan fingerprint density at radius 1 is 1.26 bits per heavy atom. The Morgan fingerprint density at radius 3 is 2.57 bits per heavy atom. The lowest BCUT2D eigenvalue weighted by Gasteiger charge is -2.31. The van der Waals surface area contributed by atoms with Crippen LogP contribution in [0.2, 0.25) is 0 Å². The van der Waals surface area contributed by atoms with Gasteiger partial charge in [-0.2, -0.15) is 5.26 Å². The first-order valence-corrected chi connectivity index (χ1v) is 8.17. The fraction of sp³-hybridized carbons (Fsp3) is 0.529. The molecule has 1 saturated heterocycles. The summed E-state index contributed by atoms with van der Waals surface area (Å²) < 4.78 is 1.72. The van der Waals surface area contributed by atoms with Gasteiger partial charge in [-0.1, -0.05) is 26.0 Å². The van der Waals surface area contributed by atoms with Gasteiger partial charge in [0.25, 0.3) is 0 Å². The highest BCUT2D eigenvalue weighted by molar-refractivity contribution is 5.44. The molecule has 0 aliphatic carbocycles. The number of hydrogen-bond acceptors (Lipinski definition) is 5. The number of aromatic nitrogens is 4. The van der Waals surface area contributed by atoms with Crippen molar-refractivity contribution < 1.29 is 0 Å². The summed E-state index contributed by atoms with van der Waals surface area (Å²) in [6.45, 7) is 8.50. The molecule has 1 fully saturated rings. The summed E-state index contributed by atoms with van der Waals surface area (Å²) in [5, 5.41) is 17.3. The van der Waals surface area contributed by atoms with E-state index in [1.807, 2.05) is 32.2 Å². The van der Waals surface area contributed by atoms with Gasteiger partial charge < -0.3 is 4.90 Å². The van der Waals surface area contributed by atoms with Crippen LogP contribution in [0, 0.1) is 17.2 Å². The fourth-order valence-corrected chi connectivity index (χ4v) is 3.01. The van der Waals surface area contributed by atoms with Crippen LogP contribution in [0.1, 0.15) is 50.9 Å². The van der Waals surface area contributed by atoms with Crippen molar-refractivity contribution in [3.8, 4) is 11.8 Å². The van der Waals surface area contributed by atoms with E-state index in [1.54, 1.807) is 4.68 Å². The first-order chi connectivity index (χ1) is 11.1. The zero-order chi connectivity index (χ0) is 16.4. The molecule has 0 radical (unpaired) electrons. The molecule has 0 saturated carbocycles. The summed E-state index contributed by atoms with van der Waals surface area (Å²) in [6.07, 6.45) is 4.25. The second-order valence-corrected chi connectivity index (χ2v) is 6.55. The van der Waals surface area contributed by atoms with Crippen LogP contribution in [0.5, 0.6) is 0 Å². The highest BCUT2D eigenvalue weighted by Gasteiger charge is 2.19. The summed E-state index contributed by atoms with van der Waals surface area (Å²) >= 11 is 0. The van der Waals surface area contributed by atoms with Gasteiger partial charge in [-0.05, 0) is 36.8 Å². The molecule has 3 rings (SSSR count). The molecule has 120 valence electrons. The fourth-order valence-electron chi connectivity index (χ4n) is 3.01. The van der Waals surface area contributed by atoms with Crippen molar-refractivity contribution in [1.29, 1.82) is 5.26 Å². The molecule has 0 unspecified atom stereocenters. The lowest BCUT2D eigenvalue weighted by atomic mass is 9.99. The molecule has 6 heteroatoms. The normalized spacial score (nSPS) is 15.9. The summed E-state index contributed by atoms with van der Waals surface area (Å²) in [5.41, 5.74) is 2.06. The molecule has 2 aromatic heterocycles. The third kappa shape index (κ3) is 3.04. The summed E-state index contributed by atoms with van der Waals surface area (Å²) in [4.78, 5) is 6.92. The average Bonchev–Trinajstić information content (AvgIpc) is 3.00. The zero-order valence-corrected chi connectivity index (χ0v) is 13.9. The average molecular weight is 310 g/mol. The molecular weight excluding hydrogens is 288 g/mol. The van der Waals surface area contributed by atoms with E-state index in [0.29, 0.717) is 5.69 Å². The Hall–Kier alpha value is -2.42. The van der Waals surface area contributed by atoms with Crippen molar-refractivity contribution in [2.45, 2.75) is 39.5 Å². The second kappa shape index (κ2) is 6.37. The van der Waals surface area contributed by atoms with E-state index >= 15 is 0 Å². The van der Waals surface area contributed by atoms with Crippen LogP contribution in [0.25, 0.3) is 5.69 Å². The quantitative estimate of drug-likeness (QED) is 0.871. The lowest BCUT2D eigenvalue weighted by molar-refractivity contribution is 0.436. The maximum absolute atomic E-state index is 9.18. The number of rotatable bonds is 3. The van der Waals surface area contributed by atoms with Crippen LogP contribution in [0.15, 0.2) is 18.3 Å². The molecule has 3 heterocycles. The van der Waals surface area contributed by atoms with E-state index in [0.717, 1.165) is 36.2 Å². The van der Waals surface area contributed by atoms with Crippen molar-refractivity contribution in [2.75, 3.05) is 18.0 Å². The smallest absolute Gasteiger partial charge is 0.186 e. The molecule has 0 spiro atoms. The van der Waals surface area contributed by atoms with Crippen LogP contribution in [0.4, 0.5) is 5.82 Å². The van der Waals surface area contributed by atoms with Gasteiger partial charge in [-0.25, -0.2) is 9.67 Å². The summed E-state index contributed by atoms with van der Waals surface area (Å²) in [6, 6.07) is 6.14. The molecule has 0 amide bonds. The Labute approximate surface area is 136 Å². The van der Waals surface area contributed by atoms with Crippen molar-refractivity contribution in [2.24, 2.45) is 5.92 Å². The minimum absolute atomic E-state index is 0.169. The molecule has 1 aliphatic heterocycles. The highest BCUT2D eigenvalue weighted by Crippen LogP contribution is 2.24. The van der Waals surface area contributed by atoms with Crippen LogP contribution < -0.4 is 4.90 Å². The van der Waals surface area contributed by atoms with E-state index in [2.05, 4.69) is 33.2 Å². The highest BCUT2D eigenvalue weighted by atomic mass is 15.4. The number of nitrogens with zero attached hydrogens (tertiary/aromatic N) is 6. The van der Waals surface area contributed by atoms with E-state index in [9.17, 15) is 5.26 Å². The largest absolute Gasteiger partial charge is 0.357 e.